The Bertz CT molecular complexity index is 1480. The molecule has 1 saturated heterocycles. The molecule has 3 aromatic rings. The first-order valence-electron chi connectivity index (χ1n) is 11.5. The van der Waals surface area contributed by atoms with E-state index in [0.717, 1.165) is 26.7 Å². The summed E-state index contributed by atoms with van der Waals surface area (Å²) < 4.78 is 13.3. The lowest BCUT2D eigenvalue weighted by Crippen LogP contribution is -2.33. The van der Waals surface area contributed by atoms with Crippen LogP contribution in [0.5, 0.6) is 11.5 Å². The van der Waals surface area contributed by atoms with Crippen LogP contribution in [0.3, 0.4) is 0 Å². The lowest BCUT2D eigenvalue weighted by Gasteiger charge is -2.15. The lowest BCUT2D eigenvalue weighted by molar-refractivity contribution is -0.384. The fraction of sp³-hybridized carbons (Fsp3) is 0.148. The van der Waals surface area contributed by atoms with Gasteiger partial charge in [0.25, 0.3) is 16.8 Å². The van der Waals surface area contributed by atoms with Gasteiger partial charge >= 0.3 is 0 Å². The molecule has 0 bridgehead atoms. The van der Waals surface area contributed by atoms with E-state index in [-0.39, 0.29) is 29.5 Å². The summed E-state index contributed by atoms with van der Waals surface area (Å²) in [7, 11) is 0. The van der Waals surface area contributed by atoms with Crippen LogP contribution in [-0.2, 0) is 11.4 Å². The summed E-state index contributed by atoms with van der Waals surface area (Å²) in [5.74, 6) is 0.0547. The van der Waals surface area contributed by atoms with Crippen LogP contribution in [0.1, 0.15) is 28.4 Å². The number of rotatable bonds is 10. The predicted octanol–water partition coefficient (Wildman–Crippen LogP) is 6.86. The van der Waals surface area contributed by atoms with Crippen molar-refractivity contribution in [3.63, 3.8) is 0 Å². The molecule has 4 rings (SSSR count). The smallest absolute Gasteiger partial charge is 0.293 e. The zero-order valence-corrected chi connectivity index (χ0v) is 24.9. The van der Waals surface area contributed by atoms with E-state index in [9.17, 15) is 24.5 Å². The van der Waals surface area contributed by atoms with Crippen molar-refractivity contribution < 1.29 is 28.8 Å². The summed E-state index contributed by atoms with van der Waals surface area (Å²) >= 11 is 6.18. The van der Waals surface area contributed by atoms with Crippen molar-refractivity contribution in [3.8, 4) is 11.5 Å². The number of ketones is 1. The highest BCUT2D eigenvalue weighted by atomic mass is 127. The molecule has 0 aromatic heterocycles. The quantitative estimate of drug-likeness (QED) is 0.0733. The number of halogens is 2. The summed E-state index contributed by atoms with van der Waals surface area (Å²) in [6.07, 6.45) is 1.58. The first-order valence-corrected chi connectivity index (χ1v) is 14.2. The Labute approximate surface area is 250 Å². The Kier molecular flexibility index (Phi) is 9.40. The maximum atomic E-state index is 13.0. The number of carbonyl (C=O) groups is 3. The van der Waals surface area contributed by atoms with Gasteiger partial charge in [-0.25, -0.2) is 0 Å². The van der Waals surface area contributed by atoms with Gasteiger partial charge in [0, 0.05) is 22.2 Å². The van der Waals surface area contributed by atoms with E-state index in [1.54, 1.807) is 54.6 Å². The van der Waals surface area contributed by atoms with Crippen molar-refractivity contribution in [2.24, 2.45) is 0 Å². The van der Waals surface area contributed by atoms with Crippen LogP contribution < -0.4 is 9.47 Å². The van der Waals surface area contributed by atoms with Crippen molar-refractivity contribution in [1.29, 1.82) is 0 Å². The van der Waals surface area contributed by atoms with Gasteiger partial charge in [0.15, 0.2) is 17.3 Å². The number of nitrogens with zero attached hydrogens (tertiary/aromatic N) is 2. The molecule has 3 aromatic carbocycles. The van der Waals surface area contributed by atoms with Crippen LogP contribution in [-0.4, -0.2) is 39.9 Å². The number of benzene rings is 3. The number of carbonyl (C=O) groups excluding carboxylic acids is 3. The fourth-order valence-electron chi connectivity index (χ4n) is 3.60. The van der Waals surface area contributed by atoms with Crippen LogP contribution in [0.2, 0.25) is 0 Å². The number of non-ortho nitro benzene ring substituents is 1. The second kappa shape index (κ2) is 12.7. The molecular formula is C27H20BrIN2O7S. The first kappa shape index (κ1) is 28.8. The Hall–Kier alpha value is -3.23. The van der Waals surface area contributed by atoms with E-state index >= 15 is 0 Å². The van der Waals surface area contributed by atoms with E-state index < -0.39 is 16.1 Å². The van der Waals surface area contributed by atoms with Crippen molar-refractivity contribution in [1.82, 2.24) is 4.90 Å². The average molecular weight is 723 g/mol. The molecule has 0 atom stereocenters. The summed E-state index contributed by atoms with van der Waals surface area (Å²) in [5.41, 5.74) is 1.76. The highest BCUT2D eigenvalue weighted by Gasteiger charge is 2.36. The van der Waals surface area contributed by atoms with Crippen molar-refractivity contribution in [3.05, 3.63) is 100 Å². The van der Waals surface area contributed by atoms with Gasteiger partial charge in [0.05, 0.1) is 26.6 Å². The van der Waals surface area contributed by atoms with Gasteiger partial charge in [-0.1, -0.05) is 28.1 Å². The molecule has 0 aliphatic carbocycles. The normalized spacial score (nSPS) is 14.1. The van der Waals surface area contributed by atoms with Gasteiger partial charge in [0.1, 0.15) is 6.61 Å². The number of hydrogen-bond acceptors (Lipinski definition) is 8. The zero-order chi connectivity index (χ0) is 28.1. The number of ether oxygens (including phenoxy) is 2. The molecule has 0 N–H and O–H groups in total. The largest absolute Gasteiger partial charge is 0.490 e. The number of thioether (sulfide) groups is 1. The molecule has 9 nitrogen and oxygen atoms in total. The molecular weight excluding hydrogens is 703 g/mol. The standard InChI is InChI=1S/C27H20BrIN2O7S/c1-2-37-23-12-17(11-21(29)25(23)38-15-16-3-9-20(10-4-16)31(35)36)13-24-26(33)30(27(34)39-24)14-22(32)18-5-7-19(28)8-6-18/h3-13H,2,14-15H2,1H3/b24-13+. The summed E-state index contributed by atoms with van der Waals surface area (Å²) in [4.78, 5) is 49.7. The minimum Gasteiger partial charge on any atom is -0.490 e. The molecule has 12 heteroatoms. The third kappa shape index (κ3) is 7.05. The zero-order valence-electron chi connectivity index (χ0n) is 20.4. The van der Waals surface area contributed by atoms with Crippen LogP contribution in [0.15, 0.2) is 70.0 Å². The number of nitro groups is 1. The summed E-state index contributed by atoms with van der Waals surface area (Å²) in [6.45, 7) is 2.01. The van der Waals surface area contributed by atoms with Gasteiger partial charge in [-0.15, -0.1) is 0 Å². The molecule has 2 amide bonds. The molecule has 39 heavy (non-hydrogen) atoms. The van der Waals surface area contributed by atoms with E-state index in [4.69, 9.17) is 9.47 Å². The van der Waals surface area contributed by atoms with Crippen LogP contribution in [0.4, 0.5) is 10.5 Å². The first-order chi connectivity index (χ1) is 18.7. The molecule has 1 fully saturated rings. The Morgan fingerprint density at radius 1 is 1.10 bits per heavy atom. The van der Waals surface area contributed by atoms with E-state index in [0.29, 0.717) is 32.8 Å². The summed E-state index contributed by atoms with van der Waals surface area (Å²) in [5, 5.41) is 10.4. The average Bonchev–Trinajstić information content (AvgIpc) is 3.16. The third-order valence-corrected chi connectivity index (χ3v) is 7.74. The summed E-state index contributed by atoms with van der Waals surface area (Å²) in [6, 6.07) is 16.3. The molecule has 0 radical (unpaired) electrons. The molecule has 200 valence electrons. The molecule has 0 saturated carbocycles. The molecule has 1 aliphatic rings. The number of nitro benzene ring substituents is 1. The Morgan fingerprint density at radius 2 is 1.79 bits per heavy atom. The lowest BCUT2D eigenvalue weighted by atomic mass is 10.1. The molecule has 0 unspecified atom stereocenters. The third-order valence-electron chi connectivity index (χ3n) is 5.50. The second-order valence-electron chi connectivity index (χ2n) is 8.17. The van der Waals surface area contributed by atoms with E-state index in [1.807, 2.05) is 6.92 Å². The van der Waals surface area contributed by atoms with Crippen molar-refractivity contribution in [2.75, 3.05) is 13.2 Å². The number of imide groups is 1. The number of Topliss-reactive ketones (excluding diaryl/α,β-unsaturated/α-hetero) is 1. The van der Waals surface area contributed by atoms with E-state index in [1.165, 1.54) is 12.1 Å². The SMILES string of the molecule is CCOc1cc(/C=C2/SC(=O)N(CC(=O)c3ccc(Br)cc3)C2=O)cc(I)c1OCc1ccc([N+](=O)[O-])cc1. The van der Waals surface area contributed by atoms with E-state index in [2.05, 4.69) is 38.5 Å². The Balaban J connectivity index is 1.51. The van der Waals surface area contributed by atoms with Crippen molar-refractivity contribution in [2.45, 2.75) is 13.5 Å². The topological polar surface area (TPSA) is 116 Å². The van der Waals surface area contributed by atoms with Crippen LogP contribution in [0, 0.1) is 13.7 Å². The van der Waals surface area contributed by atoms with Crippen LogP contribution in [0.25, 0.3) is 6.08 Å². The highest BCUT2D eigenvalue weighted by Crippen LogP contribution is 2.38. The van der Waals surface area contributed by atoms with Crippen LogP contribution >= 0.6 is 50.3 Å². The number of amides is 2. The van der Waals surface area contributed by atoms with Gasteiger partial charge in [-0.3, -0.25) is 29.4 Å². The number of hydrogen-bond donors (Lipinski definition) is 0. The minimum absolute atomic E-state index is 0.00483. The predicted molar refractivity (Wildman–Crippen MR) is 159 cm³/mol. The van der Waals surface area contributed by atoms with Crippen molar-refractivity contribution >= 4 is 79.0 Å². The molecule has 1 heterocycles. The monoisotopic (exact) mass is 722 g/mol. The maximum absolute atomic E-state index is 13.0. The van der Waals surface area contributed by atoms with Gasteiger partial charge in [-0.2, -0.15) is 0 Å². The fourth-order valence-corrected chi connectivity index (χ4v) is 5.49. The molecule has 1 aliphatic heterocycles. The maximum Gasteiger partial charge on any atom is 0.293 e. The van der Waals surface area contributed by atoms with Gasteiger partial charge < -0.3 is 9.47 Å². The second-order valence-corrected chi connectivity index (χ2v) is 11.2. The minimum atomic E-state index is -0.540. The Morgan fingerprint density at radius 3 is 2.44 bits per heavy atom. The molecule has 0 spiro atoms. The van der Waals surface area contributed by atoms with Gasteiger partial charge in [0.2, 0.25) is 0 Å². The van der Waals surface area contributed by atoms with Gasteiger partial charge in [-0.05, 0) is 94.9 Å². The highest BCUT2D eigenvalue weighted by molar-refractivity contribution is 14.1.